The quantitative estimate of drug-likeness (QED) is 0.0324. The molecule has 0 unspecified atom stereocenters. The number of fused-ring (bicyclic) bond motifs is 12. The molecule has 0 radical (unpaired) electrons. The standard InChI is InChI=1S/C94H117ClN12O26S/c1-8-9-10-24-127-53-15-17-54(18-16-53)134(125,126)107-23-11-22-106(41-107)39-57-62(109)36-56-70-55-32-47(12-19-58(55)94(123,124)71(57)70)73-87(118)105-77(91(122)103-75(56)89(120)100-72-50-28-45-27-46(30-50)31-51(72)29-45)79(112)49-14-21-64(59(95)33-49)130-66-35-52-34-65(82(66)133-92-83(81(114)80(113)67(40-108)131-92)132-69-38-93(6,97)84(115)44(5)128-69)129-63-20-13-48(26-43(63)4)78(111)76(104-85(116)60(98-7)25-42(2)3)90(121)99-61(37-68(96)110)86(117)101-74(52)88(119)102-73/h12-21,26,32-36,42,44-46,50-51,60-61,67,69,72-81,83-84,92,98,108-109,111-115,123-124H,8-11,22-25,27-31,37-41,97H2,1-7H3,(H2,96,110)(H,99,121)(H,100,120)(H,101,117)(H,102,119)(H,103,122)(H,104,116)(H,105,118)/t44-,45?,46?,50?,51?,60+,61-,67+,69-,72?,73+,74+,75-,76+,77-,78+,79+,80+,81-,83+,84+,92-,93-/m0/s1. The molecule has 18 atom stereocenters. The normalized spacial score (nSPS) is 30.9. The van der Waals surface area contributed by atoms with Crippen LogP contribution in [0, 0.1) is 36.5 Å². The number of aliphatic hydroxyl groups excluding tert-OH is 6. The Kier molecular flexibility index (Phi) is 28.2. The Hall–Kier alpha value is -10.3. The van der Waals surface area contributed by atoms with E-state index in [0.717, 1.165) is 69.6 Å². The molecule has 13 aliphatic rings. The molecule has 19 rings (SSSR count). The molecule has 3 saturated heterocycles. The fourth-order valence-corrected chi connectivity index (χ4v) is 22.7. The molecule has 134 heavy (non-hydrogen) atoms. The van der Waals surface area contributed by atoms with Crippen molar-refractivity contribution in [2.45, 2.75) is 251 Å². The minimum Gasteiger partial charge on any atom is -0.508 e. The van der Waals surface area contributed by atoms with Gasteiger partial charge in [-0.1, -0.05) is 69.5 Å². The van der Waals surface area contributed by atoms with Crippen LogP contribution in [-0.4, -0.2) is 236 Å². The van der Waals surface area contributed by atoms with Gasteiger partial charge < -0.3 is 133 Å². The first-order valence-electron chi connectivity index (χ1n) is 45.6. The molecule has 38 nitrogen and oxygen atoms in total. The highest BCUT2D eigenvalue weighted by Gasteiger charge is 2.55. The third-order valence-electron chi connectivity index (χ3n) is 27.7. The van der Waals surface area contributed by atoms with Crippen molar-refractivity contribution in [3.05, 3.63) is 152 Å². The molecule has 8 aliphatic heterocycles. The van der Waals surface area contributed by atoms with Crippen LogP contribution >= 0.6 is 11.6 Å². The number of amides is 8. The first-order chi connectivity index (χ1) is 63.7. The van der Waals surface area contributed by atoms with Gasteiger partial charge in [-0.2, -0.15) is 4.31 Å². The fourth-order valence-electron chi connectivity index (χ4n) is 21.0. The largest absolute Gasteiger partial charge is 0.508 e. The number of benzene rings is 6. The van der Waals surface area contributed by atoms with E-state index in [0.29, 0.717) is 24.2 Å². The smallest absolute Gasteiger partial charge is 0.248 e. The fraction of sp³-hybridized carbons (Fsp3) is 0.532. The number of aliphatic hydroxyl groups is 8. The molecule has 21 N–H and O–H groups in total. The number of likely N-dealkylation sites (N-methyl/N-ethyl adjacent to an activating group) is 1. The Morgan fingerprint density at radius 2 is 1.39 bits per heavy atom. The van der Waals surface area contributed by atoms with Crippen LogP contribution in [0.4, 0.5) is 0 Å². The number of hydrogen-bond acceptors (Lipinski definition) is 29. The Balaban J connectivity index is 0.874. The lowest BCUT2D eigenvalue weighted by atomic mass is 9.54. The molecule has 4 saturated carbocycles. The van der Waals surface area contributed by atoms with Crippen molar-refractivity contribution < 1.29 is 126 Å². The van der Waals surface area contributed by atoms with E-state index >= 15 is 28.8 Å². The Bertz CT molecular complexity index is 5610. The van der Waals surface area contributed by atoms with Gasteiger partial charge in [0.2, 0.25) is 75.1 Å². The van der Waals surface area contributed by atoms with E-state index in [2.05, 4.69) is 49.5 Å². The zero-order chi connectivity index (χ0) is 95.7. The van der Waals surface area contributed by atoms with Gasteiger partial charge in [-0.3, -0.25) is 43.3 Å². The van der Waals surface area contributed by atoms with Crippen LogP contribution in [-0.2, 0) is 74.9 Å². The van der Waals surface area contributed by atoms with Crippen molar-refractivity contribution in [1.29, 1.82) is 0 Å². The van der Waals surface area contributed by atoms with E-state index in [1.807, 2.05) is 13.8 Å². The first-order valence-corrected chi connectivity index (χ1v) is 47.4. The number of ether oxygens (including phenoxy) is 7. The van der Waals surface area contributed by atoms with Gasteiger partial charge in [-0.25, -0.2) is 8.42 Å². The predicted octanol–water partition coefficient (Wildman–Crippen LogP) is 3.13. The molecule has 6 aromatic rings. The number of carbonyl (C=O) groups excluding carboxylic acids is 8. The Morgan fingerprint density at radius 3 is 2.04 bits per heavy atom. The summed E-state index contributed by atoms with van der Waals surface area (Å²) in [5.41, 5.74) is 8.79. The van der Waals surface area contributed by atoms with E-state index in [4.69, 9.17) is 56.2 Å². The van der Waals surface area contributed by atoms with Gasteiger partial charge in [0.05, 0.1) is 54.5 Å². The number of nitrogens with two attached hydrogens (primary N) is 2. The van der Waals surface area contributed by atoms with E-state index in [-0.39, 0.29) is 123 Å². The molecule has 8 heterocycles. The summed E-state index contributed by atoms with van der Waals surface area (Å²) in [6.45, 7) is 9.33. The van der Waals surface area contributed by atoms with Crippen molar-refractivity contribution in [1.82, 2.24) is 51.7 Å². The highest BCUT2D eigenvalue weighted by atomic mass is 35.5. The number of hydrogen-bond donors (Lipinski definition) is 19. The zero-order valence-electron chi connectivity index (χ0n) is 75.0. The number of halogens is 1. The highest BCUT2D eigenvalue weighted by molar-refractivity contribution is 7.89. The maximum atomic E-state index is 16.8. The third kappa shape index (κ3) is 19.5. The molecule has 722 valence electrons. The average molecular weight is 1900 g/mol. The molecule has 6 aromatic carbocycles. The number of phenols is 1. The molecule has 0 aromatic heterocycles. The van der Waals surface area contributed by atoms with Crippen LogP contribution in [0.5, 0.6) is 40.2 Å². The number of unbranched alkanes of at least 4 members (excludes halogenated alkanes) is 2. The number of nitrogens with one attached hydrogen (secondary N) is 8. The average Bonchev–Trinajstić information content (AvgIpc) is 1.54. The summed E-state index contributed by atoms with van der Waals surface area (Å²) >= 11 is 7.36. The second kappa shape index (κ2) is 39.1. The van der Waals surface area contributed by atoms with Gasteiger partial charge in [0, 0.05) is 54.3 Å². The van der Waals surface area contributed by atoms with Gasteiger partial charge in [-0.05, 0) is 226 Å². The summed E-state index contributed by atoms with van der Waals surface area (Å²) < 4.78 is 75.9. The van der Waals surface area contributed by atoms with Crippen LogP contribution in [0.25, 0.3) is 11.1 Å². The lowest BCUT2D eigenvalue weighted by Gasteiger charge is -2.54. The number of rotatable bonds is 23. The van der Waals surface area contributed by atoms with Gasteiger partial charge in [0.25, 0.3) is 0 Å². The lowest BCUT2D eigenvalue weighted by molar-refractivity contribution is -0.333. The minimum absolute atomic E-state index is 0.0109. The van der Waals surface area contributed by atoms with Crippen molar-refractivity contribution in [3.8, 4) is 51.4 Å². The van der Waals surface area contributed by atoms with E-state index < -0.39 is 237 Å². The maximum Gasteiger partial charge on any atom is 0.248 e. The molecule has 7 fully saturated rings. The summed E-state index contributed by atoms with van der Waals surface area (Å²) in [7, 11) is -2.75. The SMILES string of the molecule is CCCCCOc1ccc(S(=O)(=O)N2CCCN(Cc3c(O)cc4c5c3C(O)(O)c3ccc(cc3-5)[C@H]3NC(=O)[C@@H]5NC(=O)[C@H](CC(N)=O)NC(=O)[C@H](NC(=O)[C@@H](CC(C)C)NC)[C@H](O)c6ccc(c(C)c6)Oc6cc5cc(c6O[C@@H]5O[C@H](CO)[C@@H](O)[C@H](O)[C@H]5O[C@H]5C[C@](C)(N)[C@H](O)[C@H](C)O5)Oc5ccc(cc5Cl)[C@@H](O)[C@H](NC3=O)C(=O)N[C@@H]4C(=O)NC3C4CC5CC(C4)CC3C5)C2)cc1. The van der Waals surface area contributed by atoms with Crippen molar-refractivity contribution in [2.75, 3.05) is 40.0 Å². The van der Waals surface area contributed by atoms with Gasteiger partial charge in [0.1, 0.15) is 89.8 Å². The van der Waals surface area contributed by atoms with Crippen LogP contribution < -0.4 is 72.9 Å². The number of phenolic OH excluding ortho intramolecular Hbond substituents is 1. The van der Waals surface area contributed by atoms with Crippen LogP contribution in [0.15, 0.2) is 102 Å². The Morgan fingerprint density at radius 1 is 0.731 bits per heavy atom. The van der Waals surface area contributed by atoms with E-state index in [1.165, 1.54) is 98.9 Å². The number of aryl methyl sites for hydroxylation is 1. The first kappa shape index (κ1) is 96.8. The topological polar surface area (TPSA) is 572 Å². The molecule has 5 aliphatic carbocycles. The van der Waals surface area contributed by atoms with Crippen molar-refractivity contribution in [3.63, 3.8) is 0 Å². The summed E-state index contributed by atoms with van der Waals surface area (Å²) in [5, 5.41) is 133. The summed E-state index contributed by atoms with van der Waals surface area (Å²) in [6, 6.07) is 6.40. The molecule has 40 heteroatoms. The number of aromatic hydroxyl groups is 1. The zero-order valence-corrected chi connectivity index (χ0v) is 76.6. The maximum absolute atomic E-state index is 16.8. The number of carbonyl (C=O) groups is 8. The second-order valence-corrected chi connectivity index (χ2v) is 40.3. The van der Waals surface area contributed by atoms with Crippen molar-refractivity contribution in [2.24, 2.45) is 41.1 Å². The summed E-state index contributed by atoms with van der Waals surface area (Å²) in [5.74, 6) is -14.3. The number of sulfonamides is 1. The number of nitrogens with zero attached hydrogens (tertiary/aromatic N) is 2. The summed E-state index contributed by atoms with van der Waals surface area (Å²) in [6.07, 6.45) is -11.2. The van der Waals surface area contributed by atoms with Gasteiger partial charge in [0.15, 0.2) is 23.9 Å². The van der Waals surface area contributed by atoms with Crippen LogP contribution in [0.1, 0.15) is 192 Å². The molecule has 0 spiro atoms. The molecular weight excluding hydrogens is 1780 g/mol. The molecule has 15 bridgehead atoms. The van der Waals surface area contributed by atoms with Crippen LogP contribution in [0.2, 0.25) is 5.02 Å². The predicted molar refractivity (Wildman–Crippen MR) is 477 cm³/mol. The molecular formula is C94H117ClN12O26S. The van der Waals surface area contributed by atoms with E-state index in [9.17, 15) is 64.0 Å². The van der Waals surface area contributed by atoms with Crippen molar-refractivity contribution >= 4 is 68.9 Å². The number of primary amides is 1. The second-order valence-electron chi connectivity index (χ2n) is 37.9. The van der Waals surface area contributed by atoms with Gasteiger partial charge >= 0.3 is 0 Å². The summed E-state index contributed by atoms with van der Waals surface area (Å²) in [4.78, 5) is 126. The van der Waals surface area contributed by atoms with E-state index in [1.54, 1.807) is 17.0 Å². The van der Waals surface area contributed by atoms with Crippen LogP contribution in [0.3, 0.4) is 0 Å². The minimum atomic E-state index is -4.25. The lowest BCUT2D eigenvalue weighted by Crippen LogP contribution is -2.64. The monoisotopic (exact) mass is 1900 g/mol. The Labute approximate surface area is 778 Å². The third-order valence-corrected chi connectivity index (χ3v) is 29.9. The highest BCUT2D eigenvalue weighted by Crippen LogP contribution is 2.57. The van der Waals surface area contributed by atoms with Gasteiger partial charge in [-0.15, -0.1) is 0 Å². The molecule has 8 amide bonds.